The monoisotopic (exact) mass is 188 g/mol. The van der Waals surface area contributed by atoms with Gasteiger partial charge in [0.15, 0.2) is 0 Å². The minimum absolute atomic E-state index is 0.352. The highest BCUT2D eigenvalue weighted by Gasteiger charge is 2.27. The molecule has 2 nitrogen and oxygen atoms in total. The van der Waals surface area contributed by atoms with Crippen molar-refractivity contribution < 1.29 is 9.84 Å². The molecule has 0 aliphatic rings. The van der Waals surface area contributed by atoms with Crippen molar-refractivity contribution in [1.82, 2.24) is 0 Å². The smallest absolute Gasteiger partial charge is 0.0884 e. The van der Waals surface area contributed by atoms with Gasteiger partial charge in [0, 0.05) is 6.61 Å². The summed E-state index contributed by atoms with van der Waals surface area (Å²) in [5.74, 6) is 0.645. The molecule has 1 unspecified atom stereocenters. The van der Waals surface area contributed by atoms with Crippen LogP contribution in [0.1, 0.15) is 47.5 Å². The van der Waals surface area contributed by atoms with Gasteiger partial charge in [-0.15, -0.1) is 0 Å². The van der Waals surface area contributed by atoms with Crippen LogP contribution in [0, 0.1) is 5.92 Å². The first kappa shape index (κ1) is 12.9. The first-order chi connectivity index (χ1) is 5.90. The molecule has 0 aliphatic carbocycles. The molecule has 0 aromatic heterocycles. The lowest BCUT2D eigenvalue weighted by molar-refractivity contribution is -0.0998. The van der Waals surface area contributed by atoms with Crippen molar-refractivity contribution in [2.75, 3.05) is 6.61 Å². The third-order valence-electron chi connectivity index (χ3n) is 2.34. The summed E-state index contributed by atoms with van der Waals surface area (Å²) >= 11 is 0. The van der Waals surface area contributed by atoms with Gasteiger partial charge in [0.1, 0.15) is 0 Å². The van der Waals surface area contributed by atoms with Crippen molar-refractivity contribution in [3.8, 4) is 0 Å². The predicted octanol–water partition coefficient (Wildman–Crippen LogP) is 2.60. The molecule has 0 bridgehead atoms. The minimum Gasteiger partial charge on any atom is -0.390 e. The fourth-order valence-electron chi connectivity index (χ4n) is 1.31. The van der Waals surface area contributed by atoms with Crippen LogP contribution in [0.15, 0.2) is 0 Å². The van der Waals surface area contributed by atoms with E-state index in [0.29, 0.717) is 12.5 Å². The number of rotatable bonds is 6. The number of aliphatic hydroxyl groups is 1. The highest BCUT2D eigenvalue weighted by Crippen LogP contribution is 2.20. The molecule has 0 aromatic carbocycles. The summed E-state index contributed by atoms with van der Waals surface area (Å²) < 4.78 is 5.47. The van der Waals surface area contributed by atoms with Gasteiger partial charge in [-0.2, -0.15) is 0 Å². The molecule has 0 heterocycles. The molecular weight excluding hydrogens is 164 g/mol. The fourth-order valence-corrected chi connectivity index (χ4v) is 1.31. The molecule has 0 spiro atoms. The Hall–Kier alpha value is -0.0800. The topological polar surface area (TPSA) is 29.5 Å². The van der Waals surface area contributed by atoms with Gasteiger partial charge in [-0.05, 0) is 39.5 Å². The Morgan fingerprint density at radius 1 is 1.23 bits per heavy atom. The third kappa shape index (κ3) is 5.27. The second-order valence-electron chi connectivity index (χ2n) is 4.52. The Morgan fingerprint density at radius 3 is 2.15 bits per heavy atom. The number of hydrogen-bond acceptors (Lipinski definition) is 2. The van der Waals surface area contributed by atoms with Crippen LogP contribution in [0.25, 0.3) is 0 Å². The lowest BCUT2D eigenvalue weighted by Gasteiger charge is -2.30. The van der Waals surface area contributed by atoms with Gasteiger partial charge >= 0.3 is 0 Å². The van der Waals surface area contributed by atoms with E-state index in [4.69, 9.17) is 4.74 Å². The average Bonchev–Trinajstić information content (AvgIpc) is 1.99. The number of hydrogen-bond donors (Lipinski definition) is 1. The minimum atomic E-state index is -0.399. The molecule has 0 amide bonds. The van der Waals surface area contributed by atoms with Gasteiger partial charge in [-0.3, -0.25) is 0 Å². The summed E-state index contributed by atoms with van der Waals surface area (Å²) in [4.78, 5) is 0. The lowest BCUT2D eigenvalue weighted by Crippen LogP contribution is -2.39. The van der Waals surface area contributed by atoms with Gasteiger partial charge < -0.3 is 9.84 Å². The highest BCUT2D eigenvalue weighted by molar-refractivity contribution is 4.78. The Bertz CT molecular complexity index is 130. The molecule has 0 aliphatic heterocycles. The van der Waals surface area contributed by atoms with Crippen molar-refractivity contribution >= 4 is 0 Å². The number of ether oxygens (including phenoxy) is 1. The number of aliphatic hydroxyl groups excluding tert-OH is 1. The van der Waals surface area contributed by atoms with Crippen molar-refractivity contribution in [1.29, 1.82) is 0 Å². The van der Waals surface area contributed by atoms with Crippen LogP contribution in [0.5, 0.6) is 0 Å². The maximum Gasteiger partial charge on any atom is 0.0884 e. The van der Waals surface area contributed by atoms with E-state index in [1.54, 1.807) is 0 Å². The summed E-state index contributed by atoms with van der Waals surface area (Å²) in [6.45, 7) is 10.8. The molecule has 0 saturated carbocycles. The van der Waals surface area contributed by atoms with Gasteiger partial charge in [0.05, 0.1) is 11.7 Å². The first-order valence-electron chi connectivity index (χ1n) is 5.22. The van der Waals surface area contributed by atoms with Crippen molar-refractivity contribution in [3.63, 3.8) is 0 Å². The van der Waals surface area contributed by atoms with Crippen LogP contribution in [0.4, 0.5) is 0 Å². The average molecular weight is 188 g/mol. The summed E-state index contributed by atoms with van der Waals surface area (Å²) in [6, 6.07) is 0. The van der Waals surface area contributed by atoms with Crippen LogP contribution >= 0.6 is 0 Å². The Morgan fingerprint density at radius 2 is 1.77 bits per heavy atom. The van der Waals surface area contributed by atoms with Crippen LogP contribution in [-0.2, 0) is 4.74 Å². The van der Waals surface area contributed by atoms with Crippen molar-refractivity contribution in [2.24, 2.45) is 5.92 Å². The van der Waals surface area contributed by atoms with E-state index in [9.17, 15) is 5.11 Å². The maximum atomic E-state index is 9.83. The predicted molar refractivity (Wildman–Crippen MR) is 55.8 cm³/mol. The van der Waals surface area contributed by atoms with Gasteiger partial charge in [-0.25, -0.2) is 0 Å². The van der Waals surface area contributed by atoms with E-state index in [1.165, 1.54) is 0 Å². The standard InChI is InChI=1S/C11H24O2/c1-6-13-11(4,5)10(12)8-7-9(2)3/h9-10,12H,6-8H2,1-5H3. The Labute approximate surface area is 82.3 Å². The highest BCUT2D eigenvalue weighted by atomic mass is 16.5. The maximum absolute atomic E-state index is 9.83. The van der Waals surface area contributed by atoms with Gasteiger partial charge in [0.25, 0.3) is 0 Å². The van der Waals surface area contributed by atoms with Gasteiger partial charge in [0.2, 0.25) is 0 Å². The van der Waals surface area contributed by atoms with Crippen LogP contribution in [0.3, 0.4) is 0 Å². The first-order valence-corrected chi connectivity index (χ1v) is 5.22. The van der Waals surface area contributed by atoms with Crippen LogP contribution < -0.4 is 0 Å². The largest absolute Gasteiger partial charge is 0.390 e. The second-order valence-corrected chi connectivity index (χ2v) is 4.52. The van der Waals surface area contributed by atoms with Crippen LogP contribution in [-0.4, -0.2) is 23.4 Å². The molecule has 0 rings (SSSR count). The van der Waals surface area contributed by atoms with E-state index in [-0.39, 0.29) is 6.10 Å². The summed E-state index contributed by atoms with van der Waals surface area (Å²) in [5.41, 5.74) is -0.399. The molecule has 13 heavy (non-hydrogen) atoms. The van der Waals surface area contributed by atoms with E-state index in [1.807, 2.05) is 20.8 Å². The zero-order valence-electron chi connectivity index (χ0n) is 9.63. The molecule has 0 aromatic rings. The summed E-state index contributed by atoms with van der Waals surface area (Å²) in [7, 11) is 0. The zero-order chi connectivity index (χ0) is 10.5. The molecule has 0 saturated heterocycles. The fraction of sp³-hybridized carbons (Fsp3) is 1.00. The van der Waals surface area contributed by atoms with E-state index >= 15 is 0 Å². The van der Waals surface area contributed by atoms with Gasteiger partial charge in [-0.1, -0.05) is 13.8 Å². The lowest BCUT2D eigenvalue weighted by atomic mass is 9.94. The molecule has 0 fully saturated rings. The molecule has 0 radical (unpaired) electrons. The normalized spacial score (nSPS) is 15.0. The summed E-state index contributed by atoms with van der Waals surface area (Å²) in [6.07, 6.45) is 1.53. The van der Waals surface area contributed by atoms with Crippen LogP contribution in [0.2, 0.25) is 0 Å². The SMILES string of the molecule is CCOC(C)(C)C(O)CCC(C)C. The quantitative estimate of drug-likeness (QED) is 0.694. The Balaban J connectivity index is 3.86. The molecule has 1 atom stereocenters. The zero-order valence-corrected chi connectivity index (χ0v) is 9.63. The molecule has 2 heteroatoms. The van der Waals surface area contributed by atoms with E-state index in [2.05, 4.69) is 13.8 Å². The second kappa shape index (κ2) is 5.61. The third-order valence-corrected chi connectivity index (χ3v) is 2.34. The van der Waals surface area contributed by atoms with E-state index < -0.39 is 5.60 Å². The summed E-state index contributed by atoms with van der Waals surface area (Å²) in [5, 5.41) is 9.83. The van der Waals surface area contributed by atoms with E-state index in [0.717, 1.165) is 12.8 Å². The van der Waals surface area contributed by atoms with Crippen molar-refractivity contribution in [3.05, 3.63) is 0 Å². The molecule has 1 N–H and O–H groups in total. The molecule has 80 valence electrons. The molecular formula is C11H24O2. The Kier molecular flexibility index (Phi) is 5.57. The van der Waals surface area contributed by atoms with Crippen molar-refractivity contribution in [2.45, 2.75) is 59.2 Å².